The second-order valence-corrected chi connectivity index (χ2v) is 8.65. The van der Waals surface area contributed by atoms with E-state index < -0.39 is 32.4 Å². The lowest BCUT2D eigenvalue weighted by molar-refractivity contribution is 0.535. The summed E-state index contributed by atoms with van der Waals surface area (Å²) in [6.45, 7) is 3.06. The van der Waals surface area contributed by atoms with Crippen molar-refractivity contribution in [2.45, 2.75) is 25.3 Å². The van der Waals surface area contributed by atoms with Crippen molar-refractivity contribution in [2.75, 3.05) is 0 Å². The molecule has 10 heteroatoms. The van der Waals surface area contributed by atoms with Crippen LogP contribution in [0.1, 0.15) is 17.1 Å². The van der Waals surface area contributed by atoms with Crippen molar-refractivity contribution in [2.24, 2.45) is 5.14 Å². The van der Waals surface area contributed by atoms with Gasteiger partial charge in [0.05, 0.1) is 23.2 Å². The highest BCUT2D eigenvalue weighted by molar-refractivity contribution is 7.89. The summed E-state index contributed by atoms with van der Waals surface area (Å²) < 4.78 is 68.4. The van der Waals surface area contributed by atoms with E-state index in [1.807, 2.05) is 0 Å². The smallest absolute Gasteiger partial charge is 0.238 e. The van der Waals surface area contributed by atoms with E-state index in [9.17, 15) is 21.6 Å². The molecule has 0 saturated heterocycles. The van der Waals surface area contributed by atoms with Crippen molar-refractivity contribution >= 4 is 21.1 Å². The topological polar surface area (TPSA) is 90.9 Å². The standard InChI is InChI=1S/C21H17F3N4O2S/c1-11-20(14-5-3-4-6-16(14)22)21-19(9-26-11)27-12(2)28(21)10-15-17(23)7-13(8-18(15)24)31(25,29)30/h3-9H,10H2,1-2H3,(H2,25,29,30). The Hall–Kier alpha value is -3.24. The summed E-state index contributed by atoms with van der Waals surface area (Å²) in [4.78, 5) is 8.03. The molecular weight excluding hydrogens is 429 g/mol. The SMILES string of the molecule is Cc1ncc2nc(C)n(Cc3c(F)cc(S(N)(=O)=O)cc3F)c2c1-c1ccccc1F. The Morgan fingerprint density at radius 3 is 2.29 bits per heavy atom. The van der Waals surface area contributed by atoms with Gasteiger partial charge < -0.3 is 4.57 Å². The van der Waals surface area contributed by atoms with Crippen LogP contribution >= 0.6 is 0 Å². The molecule has 2 aromatic heterocycles. The van der Waals surface area contributed by atoms with E-state index in [0.717, 1.165) is 0 Å². The number of hydrogen-bond acceptors (Lipinski definition) is 4. The Bertz CT molecular complexity index is 1430. The largest absolute Gasteiger partial charge is 0.323 e. The molecule has 0 amide bonds. The van der Waals surface area contributed by atoms with Gasteiger partial charge in [0.15, 0.2) is 0 Å². The summed E-state index contributed by atoms with van der Waals surface area (Å²) in [5.74, 6) is -2.18. The minimum Gasteiger partial charge on any atom is -0.323 e. The molecule has 0 aliphatic carbocycles. The van der Waals surface area contributed by atoms with Gasteiger partial charge in [0.2, 0.25) is 10.0 Å². The van der Waals surface area contributed by atoms with Gasteiger partial charge >= 0.3 is 0 Å². The third kappa shape index (κ3) is 3.68. The van der Waals surface area contributed by atoms with E-state index in [1.165, 1.54) is 12.3 Å². The van der Waals surface area contributed by atoms with E-state index in [0.29, 0.717) is 40.2 Å². The van der Waals surface area contributed by atoms with Crippen LogP contribution in [-0.2, 0) is 16.6 Å². The number of sulfonamides is 1. The summed E-state index contributed by atoms with van der Waals surface area (Å²) in [5.41, 5.74) is 1.78. The number of benzene rings is 2. The molecule has 0 saturated carbocycles. The average Bonchev–Trinajstić information content (AvgIpc) is 3.00. The molecule has 160 valence electrons. The average molecular weight is 446 g/mol. The van der Waals surface area contributed by atoms with Crippen molar-refractivity contribution in [1.29, 1.82) is 0 Å². The molecule has 0 aliphatic heterocycles. The van der Waals surface area contributed by atoms with Crippen molar-refractivity contribution < 1.29 is 21.6 Å². The van der Waals surface area contributed by atoms with Crippen LogP contribution in [0.5, 0.6) is 0 Å². The molecule has 0 aliphatic rings. The normalized spacial score (nSPS) is 11.9. The lowest BCUT2D eigenvalue weighted by atomic mass is 10.0. The number of halogens is 3. The van der Waals surface area contributed by atoms with Crippen molar-refractivity contribution in [3.05, 3.63) is 77.1 Å². The molecule has 0 fully saturated rings. The first kappa shape index (κ1) is 21.0. The monoisotopic (exact) mass is 446 g/mol. The number of nitrogens with zero attached hydrogens (tertiary/aromatic N) is 3. The van der Waals surface area contributed by atoms with Crippen LogP contribution in [0.2, 0.25) is 0 Å². The molecule has 31 heavy (non-hydrogen) atoms. The third-order valence-corrected chi connectivity index (χ3v) is 5.96. The fourth-order valence-corrected chi connectivity index (χ4v) is 4.10. The molecule has 0 spiro atoms. The van der Waals surface area contributed by atoms with E-state index in [4.69, 9.17) is 5.14 Å². The molecule has 0 bridgehead atoms. The van der Waals surface area contributed by atoms with E-state index >= 15 is 0 Å². The Morgan fingerprint density at radius 1 is 1.03 bits per heavy atom. The maximum absolute atomic E-state index is 14.7. The van der Waals surface area contributed by atoms with E-state index in [2.05, 4.69) is 9.97 Å². The lowest BCUT2D eigenvalue weighted by Gasteiger charge is -2.14. The van der Waals surface area contributed by atoms with Crippen LogP contribution in [0, 0.1) is 31.3 Å². The number of aryl methyl sites for hydroxylation is 2. The number of rotatable bonds is 4. The molecular formula is C21H17F3N4O2S. The van der Waals surface area contributed by atoms with Crippen LogP contribution in [0.3, 0.4) is 0 Å². The quantitative estimate of drug-likeness (QED) is 0.516. The maximum Gasteiger partial charge on any atom is 0.238 e. The van der Waals surface area contributed by atoms with Crippen LogP contribution in [0.15, 0.2) is 47.5 Å². The number of imidazole rings is 1. The van der Waals surface area contributed by atoms with Gasteiger partial charge in [-0.3, -0.25) is 4.98 Å². The van der Waals surface area contributed by atoms with Gasteiger partial charge in [-0.2, -0.15) is 0 Å². The first-order valence-electron chi connectivity index (χ1n) is 9.16. The number of pyridine rings is 1. The second-order valence-electron chi connectivity index (χ2n) is 7.09. The van der Waals surface area contributed by atoms with Crippen molar-refractivity contribution in [3.63, 3.8) is 0 Å². The predicted molar refractivity (Wildman–Crippen MR) is 109 cm³/mol. The molecule has 2 aromatic carbocycles. The van der Waals surface area contributed by atoms with Crippen molar-refractivity contribution in [1.82, 2.24) is 14.5 Å². The molecule has 6 nitrogen and oxygen atoms in total. The van der Waals surface area contributed by atoms with Gasteiger partial charge in [0.25, 0.3) is 0 Å². The molecule has 0 unspecified atom stereocenters. The van der Waals surface area contributed by atoms with Crippen LogP contribution in [0.25, 0.3) is 22.2 Å². The fourth-order valence-electron chi connectivity index (χ4n) is 3.57. The Balaban J connectivity index is 1.96. The highest BCUT2D eigenvalue weighted by atomic mass is 32.2. The Morgan fingerprint density at radius 2 is 1.68 bits per heavy atom. The minimum absolute atomic E-state index is 0.282. The van der Waals surface area contributed by atoms with E-state index in [-0.39, 0.29) is 17.7 Å². The minimum atomic E-state index is -4.27. The van der Waals surface area contributed by atoms with Gasteiger partial charge in [-0.05, 0) is 32.0 Å². The van der Waals surface area contributed by atoms with Crippen molar-refractivity contribution in [3.8, 4) is 11.1 Å². The number of fused-ring (bicyclic) bond motifs is 1. The fraction of sp³-hybridized carbons (Fsp3) is 0.143. The van der Waals surface area contributed by atoms with Crippen LogP contribution in [0.4, 0.5) is 13.2 Å². The summed E-state index contributed by atoms with van der Waals surface area (Å²) >= 11 is 0. The molecule has 2 N–H and O–H groups in total. The van der Waals surface area contributed by atoms with Gasteiger partial charge in [0.1, 0.15) is 28.8 Å². The highest BCUT2D eigenvalue weighted by Crippen LogP contribution is 2.34. The number of nitrogens with two attached hydrogens (primary N) is 1. The Kier molecular flexibility index (Phi) is 5.06. The van der Waals surface area contributed by atoms with Gasteiger partial charge in [0, 0.05) is 22.4 Å². The number of aromatic nitrogens is 3. The summed E-state index contributed by atoms with van der Waals surface area (Å²) in [6.07, 6.45) is 1.51. The maximum atomic E-state index is 14.7. The first-order valence-corrected chi connectivity index (χ1v) is 10.7. The van der Waals surface area contributed by atoms with Gasteiger partial charge in [-0.1, -0.05) is 18.2 Å². The zero-order valence-electron chi connectivity index (χ0n) is 16.5. The van der Waals surface area contributed by atoms with Gasteiger partial charge in [-0.15, -0.1) is 0 Å². The highest BCUT2D eigenvalue weighted by Gasteiger charge is 2.22. The molecule has 4 rings (SSSR count). The Labute approximate surface area is 176 Å². The van der Waals surface area contributed by atoms with E-state index in [1.54, 1.807) is 36.6 Å². The molecule has 0 radical (unpaired) electrons. The zero-order valence-corrected chi connectivity index (χ0v) is 17.3. The van der Waals surface area contributed by atoms with Gasteiger partial charge in [-0.25, -0.2) is 31.7 Å². The summed E-state index contributed by atoms with van der Waals surface area (Å²) in [5, 5.41) is 4.98. The number of primary sulfonamides is 1. The lowest BCUT2D eigenvalue weighted by Crippen LogP contribution is -2.14. The van der Waals surface area contributed by atoms with Crippen LogP contribution in [-0.4, -0.2) is 23.0 Å². The zero-order chi connectivity index (χ0) is 22.5. The first-order chi connectivity index (χ1) is 14.6. The molecule has 0 atom stereocenters. The van der Waals surface area contributed by atoms with Crippen LogP contribution < -0.4 is 5.14 Å². The second kappa shape index (κ2) is 7.47. The summed E-state index contributed by atoms with van der Waals surface area (Å²) in [7, 11) is -4.27. The summed E-state index contributed by atoms with van der Waals surface area (Å²) in [6, 6.07) is 7.48. The third-order valence-electron chi connectivity index (χ3n) is 5.07. The molecule has 2 heterocycles. The molecule has 4 aromatic rings. The number of hydrogen-bond donors (Lipinski definition) is 1. The predicted octanol–water partition coefficient (Wildman–Crippen LogP) is 3.83.